The van der Waals surface area contributed by atoms with Crippen LogP contribution in [0, 0.1) is 6.92 Å². The molecular formula is C14H23NO. The first kappa shape index (κ1) is 13.2. The Labute approximate surface area is 98.5 Å². The average Bonchev–Trinajstić information content (AvgIpc) is 2.15. The van der Waals surface area contributed by atoms with E-state index in [-0.39, 0.29) is 6.04 Å². The highest BCUT2D eigenvalue weighted by Crippen LogP contribution is 2.28. The molecule has 3 N–H and O–H groups in total. The number of aliphatic hydroxyl groups is 1. The van der Waals surface area contributed by atoms with Crippen molar-refractivity contribution in [3.05, 3.63) is 34.9 Å². The Bertz CT molecular complexity index is 363. The quantitative estimate of drug-likeness (QED) is 0.824. The lowest BCUT2D eigenvalue weighted by Crippen LogP contribution is -2.35. The summed E-state index contributed by atoms with van der Waals surface area (Å²) in [6, 6.07) is 5.98. The molecule has 90 valence electrons. The van der Waals surface area contributed by atoms with Crippen molar-refractivity contribution in [1.29, 1.82) is 0 Å². The van der Waals surface area contributed by atoms with Gasteiger partial charge in [0, 0.05) is 0 Å². The van der Waals surface area contributed by atoms with Crippen LogP contribution in [0.1, 0.15) is 56.3 Å². The standard InChI is InChI=1S/C14H23NO/c1-9(2)11-7-6-10(3)12(8-11)13(15)14(4,5)16/h6-9,13,16H,15H2,1-5H3. The van der Waals surface area contributed by atoms with Gasteiger partial charge in [0.1, 0.15) is 0 Å². The second-order valence-corrected chi connectivity index (χ2v) is 5.40. The van der Waals surface area contributed by atoms with Gasteiger partial charge in [-0.05, 0) is 43.4 Å². The highest BCUT2D eigenvalue weighted by atomic mass is 16.3. The molecule has 16 heavy (non-hydrogen) atoms. The Hall–Kier alpha value is -0.860. The van der Waals surface area contributed by atoms with Crippen LogP contribution in [0.2, 0.25) is 0 Å². The first-order valence-electron chi connectivity index (χ1n) is 5.82. The van der Waals surface area contributed by atoms with Crippen molar-refractivity contribution in [2.45, 2.75) is 52.2 Å². The lowest BCUT2D eigenvalue weighted by Gasteiger charge is -2.28. The normalized spacial score (nSPS) is 14.2. The Morgan fingerprint density at radius 3 is 2.25 bits per heavy atom. The summed E-state index contributed by atoms with van der Waals surface area (Å²) >= 11 is 0. The summed E-state index contributed by atoms with van der Waals surface area (Å²) < 4.78 is 0. The van der Waals surface area contributed by atoms with Crippen LogP contribution in [-0.4, -0.2) is 10.7 Å². The molecule has 1 unspecified atom stereocenters. The van der Waals surface area contributed by atoms with E-state index in [1.54, 1.807) is 13.8 Å². The summed E-state index contributed by atoms with van der Waals surface area (Å²) in [5, 5.41) is 9.97. The molecule has 0 spiro atoms. The molecule has 0 aromatic heterocycles. The molecule has 0 saturated heterocycles. The fraction of sp³-hybridized carbons (Fsp3) is 0.571. The highest BCUT2D eigenvalue weighted by Gasteiger charge is 2.26. The van der Waals surface area contributed by atoms with E-state index in [9.17, 15) is 5.11 Å². The van der Waals surface area contributed by atoms with E-state index in [4.69, 9.17) is 5.73 Å². The number of aryl methyl sites for hydroxylation is 1. The minimum Gasteiger partial charge on any atom is -0.388 e. The molecule has 0 bridgehead atoms. The maximum Gasteiger partial charge on any atom is 0.0783 e. The number of rotatable bonds is 3. The average molecular weight is 221 g/mol. The Morgan fingerprint density at radius 2 is 1.81 bits per heavy atom. The predicted octanol–water partition coefficient (Wildman–Crippen LogP) is 2.89. The van der Waals surface area contributed by atoms with Crippen molar-refractivity contribution in [3.63, 3.8) is 0 Å². The zero-order chi connectivity index (χ0) is 12.5. The molecule has 0 aliphatic rings. The smallest absolute Gasteiger partial charge is 0.0783 e. The van der Waals surface area contributed by atoms with Crippen LogP contribution in [0.15, 0.2) is 18.2 Å². The first-order valence-corrected chi connectivity index (χ1v) is 5.82. The monoisotopic (exact) mass is 221 g/mol. The molecule has 0 aliphatic heterocycles. The van der Waals surface area contributed by atoms with Crippen LogP contribution in [0.25, 0.3) is 0 Å². The zero-order valence-electron chi connectivity index (χ0n) is 10.9. The van der Waals surface area contributed by atoms with E-state index >= 15 is 0 Å². The van der Waals surface area contributed by atoms with Crippen LogP contribution >= 0.6 is 0 Å². The van der Waals surface area contributed by atoms with E-state index in [0.717, 1.165) is 11.1 Å². The first-order chi connectivity index (χ1) is 7.23. The van der Waals surface area contributed by atoms with Crippen molar-refractivity contribution in [3.8, 4) is 0 Å². The van der Waals surface area contributed by atoms with E-state index in [0.29, 0.717) is 5.92 Å². The van der Waals surface area contributed by atoms with Gasteiger partial charge < -0.3 is 10.8 Å². The second kappa shape index (κ2) is 4.56. The van der Waals surface area contributed by atoms with Crippen molar-refractivity contribution in [2.24, 2.45) is 5.73 Å². The van der Waals surface area contributed by atoms with Gasteiger partial charge in [-0.1, -0.05) is 32.0 Å². The number of hydrogen-bond acceptors (Lipinski definition) is 2. The van der Waals surface area contributed by atoms with E-state index in [1.165, 1.54) is 5.56 Å². The molecule has 2 heteroatoms. The summed E-state index contributed by atoms with van der Waals surface area (Å²) in [5.41, 5.74) is 8.65. The minimum atomic E-state index is -0.889. The van der Waals surface area contributed by atoms with Gasteiger partial charge in [-0.3, -0.25) is 0 Å². The number of benzene rings is 1. The molecule has 2 nitrogen and oxygen atoms in total. The molecule has 1 aromatic carbocycles. The molecule has 0 saturated carbocycles. The fourth-order valence-corrected chi connectivity index (χ4v) is 1.73. The largest absolute Gasteiger partial charge is 0.388 e. The summed E-state index contributed by atoms with van der Waals surface area (Å²) in [6.07, 6.45) is 0. The lowest BCUT2D eigenvalue weighted by atomic mass is 9.87. The molecule has 0 aliphatic carbocycles. The second-order valence-electron chi connectivity index (χ2n) is 5.40. The molecule has 1 rings (SSSR count). The Morgan fingerprint density at radius 1 is 1.25 bits per heavy atom. The molecule has 0 heterocycles. The van der Waals surface area contributed by atoms with E-state index < -0.39 is 5.60 Å². The van der Waals surface area contributed by atoms with Gasteiger partial charge in [0.25, 0.3) is 0 Å². The molecule has 1 aromatic rings. The van der Waals surface area contributed by atoms with E-state index in [1.807, 2.05) is 6.92 Å². The van der Waals surface area contributed by atoms with Gasteiger partial charge in [-0.25, -0.2) is 0 Å². The van der Waals surface area contributed by atoms with Crippen molar-refractivity contribution in [2.75, 3.05) is 0 Å². The van der Waals surface area contributed by atoms with Gasteiger partial charge in [-0.2, -0.15) is 0 Å². The third-order valence-electron chi connectivity index (χ3n) is 3.07. The van der Waals surface area contributed by atoms with Crippen LogP contribution in [0.3, 0.4) is 0 Å². The van der Waals surface area contributed by atoms with Gasteiger partial charge in [0.15, 0.2) is 0 Å². The third-order valence-corrected chi connectivity index (χ3v) is 3.07. The molecular weight excluding hydrogens is 198 g/mol. The SMILES string of the molecule is Cc1ccc(C(C)C)cc1C(N)C(C)(C)O. The lowest BCUT2D eigenvalue weighted by molar-refractivity contribution is 0.0515. The zero-order valence-corrected chi connectivity index (χ0v) is 10.9. The maximum absolute atomic E-state index is 9.97. The molecule has 0 fully saturated rings. The fourth-order valence-electron chi connectivity index (χ4n) is 1.73. The molecule has 1 atom stereocenters. The van der Waals surface area contributed by atoms with Crippen LogP contribution in [0.5, 0.6) is 0 Å². The summed E-state index contributed by atoms with van der Waals surface area (Å²) in [7, 11) is 0. The Balaban J connectivity index is 3.17. The van der Waals surface area contributed by atoms with Crippen LogP contribution in [0.4, 0.5) is 0 Å². The molecule has 0 radical (unpaired) electrons. The number of hydrogen-bond donors (Lipinski definition) is 2. The van der Waals surface area contributed by atoms with Gasteiger partial charge in [0.05, 0.1) is 11.6 Å². The van der Waals surface area contributed by atoms with Crippen molar-refractivity contribution < 1.29 is 5.11 Å². The van der Waals surface area contributed by atoms with Gasteiger partial charge in [-0.15, -0.1) is 0 Å². The van der Waals surface area contributed by atoms with Crippen molar-refractivity contribution >= 4 is 0 Å². The van der Waals surface area contributed by atoms with Gasteiger partial charge in [0.2, 0.25) is 0 Å². The van der Waals surface area contributed by atoms with Crippen molar-refractivity contribution in [1.82, 2.24) is 0 Å². The van der Waals surface area contributed by atoms with Crippen LogP contribution in [-0.2, 0) is 0 Å². The van der Waals surface area contributed by atoms with Gasteiger partial charge >= 0.3 is 0 Å². The Kier molecular flexibility index (Phi) is 3.76. The third kappa shape index (κ3) is 2.83. The predicted molar refractivity (Wildman–Crippen MR) is 68.5 cm³/mol. The summed E-state index contributed by atoms with van der Waals surface area (Å²) in [6.45, 7) is 9.84. The summed E-state index contributed by atoms with van der Waals surface area (Å²) in [4.78, 5) is 0. The maximum atomic E-state index is 9.97. The van der Waals surface area contributed by atoms with Crippen LogP contribution < -0.4 is 5.73 Å². The molecule has 0 amide bonds. The van der Waals surface area contributed by atoms with E-state index in [2.05, 4.69) is 32.0 Å². The topological polar surface area (TPSA) is 46.2 Å². The summed E-state index contributed by atoms with van der Waals surface area (Å²) in [5.74, 6) is 0.480. The number of nitrogens with two attached hydrogens (primary N) is 1. The minimum absolute atomic E-state index is 0.341. The highest BCUT2D eigenvalue weighted by molar-refractivity contribution is 5.35.